The monoisotopic (exact) mass is 125 g/mol. The van der Waals surface area contributed by atoms with Crippen LogP contribution in [0.3, 0.4) is 0 Å². The standard InChI is InChI=1S/C6H11N3/c1-3-6-5-7-8-9(6)4-2/h5H,3-4H2,1-2H3. The first kappa shape index (κ1) is 6.26. The zero-order valence-corrected chi connectivity index (χ0v) is 5.83. The van der Waals surface area contributed by atoms with Crippen LogP contribution in [0.4, 0.5) is 0 Å². The van der Waals surface area contributed by atoms with E-state index in [0.29, 0.717) is 0 Å². The van der Waals surface area contributed by atoms with Crippen LogP contribution >= 0.6 is 0 Å². The van der Waals surface area contributed by atoms with Gasteiger partial charge in [0.25, 0.3) is 0 Å². The Hall–Kier alpha value is -0.860. The summed E-state index contributed by atoms with van der Waals surface area (Å²) >= 11 is 0. The Labute approximate surface area is 54.7 Å². The molecule has 3 heteroatoms. The van der Waals surface area contributed by atoms with Gasteiger partial charge in [-0.25, -0.2) is 4.68 Å². The maximum Gasteiger partial charge on any atom is 0.0725 e. The fourth-order valence-corrected chi connectivity index (χ4v) is 0.819. The summed E-state index contributed by atoms with van der Waals surface area (Å²) in [5.74, 6) is 0. The number of hydrogen-bond acceptors (Lipinski definition) is 2. The molecule has 9 heavy (non-hydrogen) atoms. The summed E-state index contributed by atoms with van der Waals surface area (Å²) in [6, 6.07) is 0. The van der Waals surface area contributed by atoms with Gasteiger partial charge in [-0.1, -0.05) is 12.1 Å². The average molecular weight is 125 g/mol. The number of nitrogens with zero attached hydrogens (tertiary/aromatic N) is 3. The van der Waals surface area contributed by atoms with E-state index in [1.165, 1.54) is 5.69 Å². The molecule has 0 saturated carbocycles. The van der Waals surface area contributed by atoms with Gasteiger partial charge in [0.2, 0.25) is 0 Å². The lowest BCUT2D eigenvalue weighted by Crippen LogP contribution is -2.00. The molecule has 0 saturated heterocycles. The van der Waals surface area contributed by atoms with Crippen molar-refractivity contribution < 1.29 is 0 Å². The minimum atomic E-state index is 0.920. The van der Waals surface area contributed by atoms with Crippen molar-refractivity contribution >= 4 is 0 Å². The molecule has 0 atom stereocenters. The molecule has 0 fully saturated rings. The Morgan fingerprint density at radius 1 is 1.56 bits per heavy atom. The van der Waals surface area contributed by atoms with Crippen molar-refractivity contribution in [2.45, 2.75) is 26.8 Å². The van der Waals surface area contributed by atoms with E-state index >= 15 is 0 Å². The van der Waals surface area contributed by atoms with Crippen molar-refractivity contribution in [1.82, 2.24) is 15.0 Å². The van der Waals surface area contributed by atoms with E-state index in [-0.39, 0.29) is 0 Å². The molecule has 0 aliphatic rings. The highest BCUT2D eigenvalue weighted by Gasteiger charge is 1.95. The molecule has 0 radical (unpaired) electrons. The number of hydrogen-bond donors (Lipinski definition) is 0. The molecule has 1 aromatic heterocycles. The van der Waals surface area contributed by atoms with Crippen LogP contribution in [0.5, 0.6) is 0 Å². The van der Waals surface area contributed by atoms with Crippen LogP contribution in [-0.2, 0) is 13.0 Å². The molecule has 0 amide bonds. The molecule has 0 bridgehead atoms. The molecule has 0 aliphatic heterocycles. The second-order valence-corrected chi connectivity index (χ2v) is 1.89. The maximum atomic E-state index is 3.87. The van der Waals surface area contributed by atoms with Gasteiger partial charge in [0, 0.05) is 6.54 Å². The van der Waals surface area contributed by atoms with E-state index in [2.05, 4.69) is 24.2 Å². The first-order valence-electron chi connectivity index (χ1n) is 3.25. The van der Waals surface area contributed by atoms with Crippen molar-refractivity contribution in [2.24, 2.45) is 0 Å². The summed E-state index contributed by atoms with van der Waals surface area (Å²) in [7, 11) is 0. The van der Waals surface area contributed by atoms with Crippen LogP contribution < -0.4 is 0 Å². The molecule has 1 heterocycles. The molecule has 50 valence electrons. The van der Waals surface area contributed by atoms with Crippen molar-refractivity contribution in [3.8, 4) is 0 Å². The Morgan fingerprint density at radius 3 is 2.78 bits per heavy atom. The van der Waals surface area contributed by atoms with E-state index in [4.69, 9.17) is 0 Å². The van der Waals surface area contributed by atoms with Gasteiger partial charge in [0.1, 0.15) is 0 Å². The molecule has 0 unspecified atom stereocenters. The first-order chi connectivity index (χ1) is 4.38. The summed E-state index contributed by atoms with van der Waals surface area (Å²) in [5, 5.41) is 7.65. The SMILES string of the molecule is CCc1cnnn1CC. The highest BCUT2D eigenvalue weighted by atomic mass is 15.4. The highest BCUT2D eigenvalue weighted by molar-refractivity contribution is 4.92. The predicted octanol–water partition coefficient (Wildman–Crippen LogP) is 0.860. The van der Waals surface area contributed by atoms with Crippen molar-refractivity contribution in [3.05, 3.63) is 11.9 Å². The number of aromatic nitrogens is 3. The van der Waals surface area contributed by atoms with E-state index in [9.17, 15) is 0 Å². The van der Waals surface area contributed by atoms with Gasteiger partial charge in [0.15, 0.2) is 0 Å². The zero-order chi connectivity index (χ0) is 6.69. The third-order valence-electron chi connectivity index (χ3n) is 1.36. The molecule has 0 spiro atoms. The van der Waals surface area contributed by atoms with Crippen LogP contribution in [0.1, 0.15) is 19.5 Å². The molecule has 0 aliphatic carbocycles. The summed E-state index contributed by atoms with van der Waals surface area (Å²) in [6.45, 7) is 5.09. The third-order valence-corrected chi connectivity index (χ3v) is 1.36. The van der Waals surface area contributed by atoms with Gasteiger partial charge in [-0.05, 0) is 13.3 Å². The second kappa shape index (κ2) is 2.62. The smallest absolute Gasteiger partial charge is 0.0725 e. The Morgan fingerprint density at radius 2 is 2.33 bits per heavy atom. The summed E-state index contributed by atoms with van der Waals surface area (Å²) in [4.78, 5) is 0. The fraction of sp³-hybridized carbons (Fsp3) is 0.667. The van der Waals surface area contributed by atoms with Gasteiger partial charge in [-0.2, -0.15) is 0 Å². The summed E-state index contributed by atoms with van der Waals surface area (Å²) < 4.78 is 1.90. The highest BCUT2D eigenvalue weighted by Crippen LogP contribution is 1.94. The van der Waals surface area contributed by atoms with E-state index in [1.54, 1.807) is 0 Å². The Bertz CT molecular complexity index is 162. The predicted molar refractivity (Wildman–Crippen MR) is 35.1 cm³/mol. The molecular formula is C6H11N3. The number of aryl methyl sites for hydroxylation is 2. The molecule has 1 aromatic rings. The molecular weight excluding hydrogens is 114 g/mol. The lowest BCUT2D eigenvalue weighted by Gasteiger charge is -1.96. The van der Waals surface area contributed by atoms with Crippen molar-refractivity contribution in [1.29, 1.82) is 0 Å². The largest absolute Gasteiger partial charge is 0.250 e. The van der Waals surface area contributed by atoms with E-state index in [1.807, 2.05) is 10.9 Å². The van der Waals surface area contributed by atoms with E-state index < -0.39 is 0 Å². The number of rotatable bonds is 2. The quantitative estimate of drug-likeness (QED) is 0.587. The van der Waals surface area contributed by atoms with Crippen LogP contribution in [0.2, 0.25) is 0 Å². The van der Waals surface area contributed by atoms with Gasteiger partial charge in [-0.15, -0.1) is 5.10 Å². The lowest BCUT2D eigenvalue weighted by atomic mass is 10.4. The van der Waals surface area contributed by atoms with E-state index in [0.717, 1.165) is 13.0 Å². The van der Waals surface area contributed by atoms with Crippen LogP contribution in [-0.4, -0.2) is 15.0 Å². The van der Waals surface area contributed by atoms with Crippen molar-refractivity contribution in [3.63, 3.8) is 0 Å². The first-order valence-corrected chi connectivity index (χ1v) is 3.25. The van der Waals surface area contributed by atoms with Gasteiger partial charge in [0.05, 0.1) is 11.9 Å². The van der Waals surface area contributed by atoms with Crippen LogP contribution in [0.15, 0.2) is 6.20 Å². The Kier molecular flexibility index (Phi) is 1.82. The average Bonchev–Trinajstić information content (AvgIpc) is 2.33. The fourth-order valence-electron chi connectivity index (χ4n) is 0.819. The normalized spacial score (nSPS) is 10.0. The Balaban J connectivity index is 2.85. The summed E-state index contributed by atoms with van der Waals surface area (Å²) in [6.07, 6.45) is 2.82. The van der Waals surface area contributed by atoms with Gasteiger partial charge >= 0.3 is 0 Å². The third kappa shape index (κ3) is 1.09. The topological polar surface area (TPSA) is 30.7 Å². The molecule has 0 aromatic carbocycles. The minimum Gasteiger partial charge on any atom is -0.250 e. The van der Waals surface area contributed by atoms with Crippen LogP contribution in [0.25, 0.3) is 0 Å². The summed E-state index contributed by atoms with van der Waals surface area (Å²) in [5.41, 5.74) is 1.21. The molecule has 1 rings (SSSR count). The van der Waals surface area contributed by atoms with Gasteiger partial charge in [-0.3, -0.25) is 0 Å². The van der Waals surface area contributed by atoms with Crippen LogP contribution in [0, 0.1) is 0 Å². The second-order valence-electron chi connectivity index (χ2n) is 1.89. The molecule has 0 N–H and O–H groups in total. The van der Waals surface area contributed by atoms with Crippen molar-refractivity contribution in [2.75, 3.05) is 0 Å². The maximum absolute atomic E-state index is 3.87. The molecule has 3 nitrogen and oxygen atoms in total. The lowest BCUT2D eigenvalue weighted by molar-refractivity contribution is 0.601. The van der Waals surface area contributed by atoms with Gasteiger partial charge < -0.3 is 0 Å². The minimum absolute atomic E-state index is 0.920. The zero-order valence-electron chi connectivity index (χ0n) is 5.83.